The molecule has 1 aromatic carbocycles. The average Bonchev–Trinajstić information content (AvgIpc) is 3.35. The van der Waals surface area contributed by atoms with Crippen LogP contribution in [0.3, 0.4) is 0 Å². The molecule has 3 aromatic rings. The first kappa shape index (κ1) is 19.7. The summed E-state index contributed by atoms with van der Waals surface area (Å²) in [6.07, 6.45) is 5.59. The summed E-state index contributed by atoms with van der Waals surface area (Å²) >= 11 is 0. The van der Waals surface area contributed by atoms with E-state index in [-0.39, 0.29) is 5.75 Å². The number of pyridine rings is 1. The molecule has 0 amide bonds. The fourth-order valence-electron chi connectivity index (χ4n) is 4.89. The molecule has 1 saturated carbocycles. The third kappa shape index (κ3) is 3.90. The van der Waals surface area contributed by atoms with Crippen molar-refractivity contribution in [2.24, 2.45) is 11.8 Å². The Morgan fingerprint density at radius 2 is 1.97 bits per heavy atom. The van der Waals surface area contributed by atoms with Crippen LogP contribution in [0.25, 0.3) is 22.4 Å². The summed E-state index contributed by atoms with van der Waals surface area (Å²) in [5.41, 5.74) is 2.88. The van der Waals surface area contributed by atoms with Gasteiger partial charge in [0.15, 0.2) is 0 Å². The Hall–Kier alpha value is -3.26. The Balaban J connectivity index is 1.29. The van der Waals surface area contributed by atoms with Crippen LogP contribution in [0.5, 0.6) is 11.6 Å². The number of hydrogen-bond donors (Lipinski definition) is 3. The SMILES string of the molecule is COc1cc(-c2ccc(-c3cnc(NC4CC5CNC(C)C5C4)nn3)c(O)c2)ccn1. The van der Waals surface area contributed by atoms with E-state index in [9.17, 15) is 5.11 Å². The molecule has 31 heavy (non-hydrogen) atoms. The zero-order valence-corrected chi connectivity index (χ0v) is 17.6. The molecule has 8 nitrogen and oxygen atoms in total. The maximum Gasteiger partial charge on any atom is 0.242 e. The molecule has 160 valence electrons. The molecule has 8 heteroatoms. The van der Waals surface area contributed by atoms with Gasteiger partial charge in [-0.3, -0.25) is 0 Å². The topological polar surface area (TPSA) is 105 Å². The number of hydrogen-bond acceptors (Lipinski definition) is 8. The number of phenols is 1. The lowest BCUT2D eigenvalue weighted by molar-refractivity contribution is 0.398. The Kier molecular flexibility index (Phi) is 5.15. The molecule has 1 aliphatic carbocycles. The van der Waals surface area contributed by atoms with Gasteiger partial charge in [0.05, 0.1) is 13.3 Å². The molecule has 2 aromatic heterocycles. The van der Waals surface area contributed by atoms with Gasteiger partial charge in [-0.15, -0.1) is 10.2 Å². The second-order valence-electron chi connectivity index (χ2n) is 8.42. The Labute approximate surface area is 181 Å². The summed E-state index contributed by atoms with van der Waals surface area (Å²) in [7, 11) is 1.58. The van der Waals surface area contributed by atoms with Crippen molar-refractivity contribution < 1.29 is 9.84 Å². The number of nitrogens with one attached hydrogen (secondary N) is 2. The fourth-order valence-corrected chi connectivity index (χ4v) is 4.89. The molecule has 1 aliphatic heterocycles. The number of rotatable bonds is 5. The van der Waals surface area contributed by atoms with Crippen molar-refractivity contribution in [1.29, 1.82) is 0 Å². The van der Waals surface area contributed by atoms with Crippen molar-refractivity contribution in [2.75, 3.05) is 19.0 Å². The van der Waals surface area contributed by atoms with Crippen molar-refractivity contribution in [3.8, 4) is 34.0 Å². The average molecular weight is 419 g/mol. The van der Waals surface area contributed by atoms with Crippen LogP contribution >= 0.6 is 0 Å². The largest absolute Gasteiger partial charge is 0.507 e. The predicted molar refractivity (Wildman–Crippen MR) is 118 cm³/mol. The van der Waals surface area contributed by atoms with Crippen LogP contribution < -0.4 is 15.4 Å². The fraction of sp³-hybridized carbons (Fsp3) is 0.391. The number of anilines is 1. The third-order valence-corrected chi connectivity index (χ3v) is 6.54. The molecule has 0 radical (unpaired) electrons. The number of ether oxygens (including phenoxy) is 1. The first-order valence-electron chi connectivity index (χ1n) is 10.6. The second-order valence-corrected chi connectivity index (χ2v) is 8.42. The first-order valence-corrected chi connectivity index (χ1v) is 10.6. The molecule has 4 atom stereocenters. The molecule has 4 unspecified atom stereocenters. The van der Waals surface area contributed by atoms with Crippen LogP contribution in [0, 0.1) is 11.8 Å². The Morgan fingerprint density at radius 1 is 1.10 bits per heavy atom. The summed E-state index contributed by atoms with van der Waals surface area (Å²) in [5.74, 6) is 2.64. The summed E-state index contributed by atoms with van der Waals surface area (Å²) < 4.78 is 5.18. The minimum atomic E-state index is 0.121. The van der Waals surface area contributed by atoms with Crippen LogP contribution in [0.2, 0.25) is 0 Å². The van der Waals surface area contributed by atoms with E-state index in [0.717, 1.165) is 42.3 Å². The molecule has 2 fully saturated rings. The molecule has 3 N–H and O–H groups in total. The molecular formula is C23H26N6O2. The molecule has 1 saturated heterocycles. The number of methoxy groups -OCH3 is 1. The van der Waals surface area contributed by atoms with Crippen LogP contribution in [0.15, 0.2) is 42.7 Å². The van der Waals surface area contributed by atoms with E-state index >= 15 is 0 Å². The standard InChI is InChI=1S/C23H26N6O2/c1-13-19-10-17(7-16(19)11-25-13)27-23-26-12-20(28-29-23)18-4-3-14(8-21(18)30)15-5-6-24-22(9-15)31-2/h3-6,8-9,12-13,16-17,19,25,30H,7,10-11H2,1-2H3,(H,26,27,29). The van der Waals surface area contributed by atoms with Crippen molar-refractivity contribution in [3.63, 3.8) is 0 Å². The van der Waals surface area contributed by atoms with Gasteiger partial charge in [-0.1, -0.05) is 6.07 Å². The van der Waals surface area contributed by atoms with Gasteiger partial charge in [-0.05, 0) is 67.5 Å². The van der Waals surface area contributed by atoms with Crippen LogP contribution in [-0.2, 0) is 0 Å². The van der Waals surface area contributed by atoms with Crippen LogP contribution in [0.1, 0.15) is 19.8 Å². The zero-order chi connectivity index (χ0) is 21.4. The molecule has 0 bridgehead atoms. The van der Waals surface area contributed by atoms with Gasteiger partial charge in [0.2, 0.25) is 11.8 Å². The van der Waals surface area contributed by atoms with E-state index in [1.54, 1.807) is 25.6 Å². The number of aromatic nitrogens is 4. The second kappa shape index (κ2) is 8.11. The number of benzene rings is 1. The van der Waals surface area contributed by atoms with Gasteiger partial charge >= 0.3 is 0 Å². The van der Waals surface area contributed by atoms with E-state index < -0.39 is 0 Å². The molecular weight excluding hydrogens is 392 g/mol. The van der Waals surface area contributed by atoms with Gasteiger partial charge < -0.3 is 20.5 Å². The minimum Gasteiger partial charge on any atom is -0.507 e. The van der Waals surface area contributed by atoms with E-state index in [2.05, 4.69) is 37.7 Å². The maximum atomic E-state index is 10.6. The lowest BCUT2D eigenvalue weighted by Gasteiger charge is -2.15. The number of phenolic OH excluding ortho intramolecular Hbond substituents is 1. The quantitative estimate of drug-likeness (QED) is 0.581. The molecule has 2 aliphatic rings. The lowest BCUT2D eigenvalue weighted by Crippen LogP contribution is -2.26. The molecule has 3 heterocycles. The summed E-state index contributed by atoms with van der Waals surface area (Å²) in [6.45, 7) is 3.37. The maximum absolute atomic E-state index is 10.6. The normalized spacial score (nSPS) is 24.7. The highest BCUT2D eigenvalue weighted by Gasteiger charge is 2.41. The predicted octanol–water partition coefficient (Wildman–Crippen LogP) is 3.11. The number of fused-ring (bicyclic) bond motifs is 1. The molecule has 5 rings (SSSR count). The van der Waals surface area contributed by atoms with Gasteiger partial charge in [0.1, 0.15) is 11.4 Å². The number of aromatic hydroxyl groups is 1. The van der Waals surface area contributed by atoms with Crippen molar-refractivity contribution >= 4 is 5.95 Å². The van der Waals surface area contributed by atoms with Crippen LogP contribution in [0.4, 0.5) is 5.95 Å². The van der Waals surface area contributed by atoms with Gasteiger partial charge in [0, 0.05) is 29.9 Å². The van der Waals surface area contributed by atoms with E-state index in [0.29, 0.717) is 35.2 Å². The Bertz CT molecular complexity index is 1070. The van der Waals surface area contributed by atoms with Gasteiger partial charge in [-0.25, -0.2) is 9.97 Å². The summed E-state index contributed by atoms with van der Waals surface area (Å²) in [4.78, 5) is 8.56. The third-order valence-electron chi connectivity index (χ3n) is 6.54. The summed E-state index contributed by atoms with van der Waals surface area (Å²) in [6, 6.07) is 10.1. The highest BCUT2D eigenvalue weighted by atomic mass is 16.5. The van der Waals surface area contributed by atoms with Gasteiger partial charge in [-0.2, -0.15) is 0 Å². The van der Waals surface area contributed by atoms with Crippen molar-refractivity contribution in [3.05, 3.63) is 42.7 Å². The highest BCUT2D eigenvalue weighted by Crippen LogP contribution is 2.39. The minimum absolute atomic E-state index is 0.121. The lowest BCUT2D eigenvalue weighted by atomic mass is 9.95. The Morgan fingerprint density at radius 3 is 2.71 bits per heavy atom. The first-order chi connectivity index (χ1) is 15.1. The summed E-state index contributed by atoms with van der Waals surface area (Å²) in [5, 5.41) is 26.1. The monoisotopic (exact) mass is 418 g/mol. The number of nitrogens with zero attached hydrogens (tertiary/aromatic N) is 4. The van der Waals surface area contributed by atoms with E-state index in [1.165, 1.54) is 0 Å². The van der Waals surface area contributed by atoms with E-state index in [4.69, 9.17) is 4.74 Å². The van der Waals surface area contributed by atoms with Crippen molar-refractivity contribution in [2.45, 2.75) is 31.8 Å². The molecule has 0 spiro atoms. The van der Waals surface area contributed by atoms with E-state index in [1.807, 2.05) is 24.3 Å². The van der Waals surface area contributed by atoms with Crippen LogP contribution in [-0.4, -0.2) is 51.0 Å². The zero-order valence-electron chi connectivity index (χ0n) is 17.6. The smallest absolute Gasteiger partial charge is 0.242 e. The highest BCUT2D eigenvalue weighted by molar-refractivity contribution is 5.74. The van der Waals surface area contributed by atoms with Gasteiger partial charge in [0.25, 0.3) is 0 Å². The van der Waals surface area contributed by atoms with Crippen molar-refractivity contribution in [1.82, 2.24) is 25.5 Å².